The summed E-state index contributed by atoms with van der Waals surface area (Å²) in [5.41, 5.74) is 0.932. The van der Waals surface area contributed by atoms with Crippen LogP contribution in [-0.4, -0.2) is 42.4 Å². The van der Waals surface area contributed by atoms with Gasteiger partial charge < -0.3 is 15.2 Å². The minimum Gasteiger partial charge on any atom is -0.396 e. The van der Waals surface area contributed by atoms with Gasteiger partial charge in [-0.15, -0.1) is 0 Å². The highest BCUT2D eigenvalue weighted by Crippen LogP contribution is 2.13. The Hall–Kier alpha value is -1.46. The molecule has 1 saturated heterocycles. The van der Waals surface area contributed by atoms with Crippen molar-refractivity contribution in [2.45, 2.75) is 19.3 Å². The number of aromatic nitrogens is 1. The van der Waals surface area contributed by atoms with Gasteiger partial charge in [0.1, 0.15) is 0 Å². The second-order valence-corrected chi connectivity index (χ2v) is 5.23. The summed E-state index contributed by atoms with van der Waals surface area (Å²) in [5, 5.41) is 12.3. The van der Waals surface area contributed by atoms with Crippen LogP contribution in [0.5, 0.6) is 0 Å². The van der Waals surface area contributed by atoms with Gasteiger partial charge in [0.15, 0.2) is 0 Å². The topological polar surface area (TPSA) is 71.5 Å². The number of pyridine rings is 1. The van der Waals surface area contributed by atoms with Crippen molar-refractivity contribution in [2.24, 2.45) is 11.8 Å². The van der Waals surface area contributed by atoms with Crippen molar-refractivity contribution in [3.05, 3.63) is 30.1 Å². The van der Waals surface area contributed by atoms with Crippen LogP contribution in [0, 0.1) is 11.8 Å². The van der Waals surface area contributed by atoms with Gasteiger partial charge in [-0.3, -0.25) is 9.78 Å². The maximum atomic E-state index is 12.0. The van der Waals surface area contributed by atoms with Crippen LogP contribution in [0.15, 0.2) is 24.4 Å². The van der Waals surface area contributed by atoms with Gasteiger partial charge in [0, 0.05) is 37.6 Å². The van der Waals surface area contributed by atoms with Crippen LogP contribution < -0.4 is 5.32 Å². The molecule has 1 aromatic rings. The molecule has 1 aromatic heterocycles. The van der Waals surface area contributed by atoms with E-state index in [1.54, 1.807) is 6.20 Å². The number of nitrogens with zero attached hydrogens (tertiary/aromatic N) is 1. The molecule has 2 N–H and O–H groups in total. The predicted octanol–water partition coefficient (Wildman–Crippen LogP) is 0.775. The van der Waals surface area contributed by atoms with Crippen LogP contribution in [-0.2, 0) is 16.0 Å². The predicted molar refractivity (Wildman–Crippen MR) is 75.1 cm³/mol. The second kappa shape index (κ2) is 7.97. The number of aliphatic hydroxyl groups excluding tert-OH is 1. The van der Waals surface area contributed by atoms with Gasteiger partial charge in [-0.1, -0.05) is 6.07 Å². The third kappa shape index (κ3) is 4.58. The smallest absolute Gasteiger partial charge is 0.225 e. The highest BCUT2D eigenvalue weighted by molar-refractivity contribution is 5.78. The highest BCUT2D eigenvalue weighted by atomic mass is 16.5. The number of nitrogens with one attached hydrogen (secondary N) is 1. The lowest BCUT2D eigenvalue weighted by Gasteiger charge is -2.22. The van der Waals surface area contributed by atoms with E-state index in [0.717, 1.165) is 25.1 Å². The van der Waals surface area contributed by atoms with Gasteiger partial charge in [0.05, 0.1) is 12.5 Å². The van der Waals surface area contributed by atoms with Crippen molar-refractivity contribution in [3.8, 4) is 0 Å². The molecule has 2 heterocycles. The van der Waals surface area contributed by atoms with E-state index >= 15 is 0 Å². The van der Waals surface area contributed by atoms with Crippen molar-refractivity contribution in [3.63, 3.8) is 0 Å². The number of hydrogen-bond acceptors (Lipinski definition) is 4. The van der Waals surface area contributed by atoms with E-state index in [1.165, 1.54) is 0 Å². The number of carbonyl (C=O) groups excluding carboxylic acids is 1. The van der Waals surface area contributed by atoms with Crippen molar-refractivity contribution in [1.29, 1.82) is 0 Å². The van der Waals surface area contributed by atoms with Crippen LogP contribution in [0.2, 0.25) is 0 Å². The Morgan fingerprint density at radius 1 is 1.55 bits per heavy atom. The Kier molecular flexibility index (Phi) is 5.95. The molecule has 1 aliphatic heterocycles. The van der Waals surface area contributed by atoms with E-state index in [2.05, 4.69) is 10.3 Å². The Balaban J connectivity index is 1.77. The molecular weight excluding hydrogens is 256 g/mol. The minimum absolute atomic E-state index is 0.00152. The van der Waals surface area contributed by atoms with Crippen LogP contribution in [0.4, 0.5) is 0 Å². The number of hydrogen-bond donors (Lipinski definition) is 2. The number of carbonyl (C=O) groups is 1. The molecule has 5 heteroatoms. The summed E-state index contributed by atoms with van der Waals surface area (Å²) in [6.45, 7) is 1.78. The number of aliphatic hydroxyl groups is 1. The molecule has 1 fully saturated rings. The van der Waals surface area contributed by atoms with Crippen LogP contribution in [0.1, 0.15) is 18.5 Å². The zero-order valence-corrected chi connectivity index (χ0v) is 11.6. The largest absolute Gasteiger partial charge is 0.396 e. The first-order chi connectivity index (χ1) is 9.79. The molecule has 0 saturated carbocycles. The zero-order chi connectivity index (χ0) is 14.2. The highest BCUT2D eigenvalue weighted by Gasteiger charge is 2.22. The fourth-order valence-electron chi connectivity index (χ4n) is 2.35. The molecule has 5 nitrogen and oxygen atoms in total. The summed E-state index contributed by atoms with van der Waals surface area (Å²) in [6.07, 6.45) is 4.23. The van der Waals surface area contributed by atoms with Gasteiger partial charge >= 0.3 is 0 Å². The lowest BCUT2D eigenvalue weighted by molar-refractivity contribution is -0.129. The molecule has 1 amide bonds. The van der Waals surface area contributed by atoms with Crippen molar-refractivity contribution < 1.29 is 14.6 Å². The summed E-state index contributed by atoms with van der Waals surface area (Å²) < 4.78 is 5.31. The molecule has 20 heavy (non-hydrogen) atoms. The van der Waals surface area contributed by atoms with Crippen LogP contribution in [0.25, 0.3) is 0 Å². The molecule has 0 spiro atoms. The zero-order valence-electron chi connectivity index (χ0n) is 11.6. The monoisotopic (exact) mass is 278 g/mol. The Morgan fingerprint density at radius 3 is 3.10 bits per heavy atom. The molecule has 0 aliphatic carbocycles. The van der Waals surface area contributed by atoms with Gasteiger partial charge in [-0.25, -0.2) is 0 Å². The van der Waals surface area contributed by atoms with Gasteiger partial charge in [-0.2, -0.15) is 0 Å². The molecule has 2 rings (SSSR count). The molecule has 2 atom stereocenters. The maximum Gasteiger partial charge on any atom is 0.225 e. The lowest BCUT2D eigenvalue weighted by atomic mass is 10.00. The third-order valence-corrected chi connectivity index (χ3v) is 3.58. The number of ether oxygens (including phenoxy) is 1. The van der Waals surface area contributed by atoms with E-state index < -0.39 is 0 Å². The number of rotatable bonds is 6. The quantitative estimate of drug-likeness (QED) is 0.806. The van der Waals surface area contributed by atoms with Gasteiger partial charge in [-0.05, 0) is 31.4 Å². The fraction of sp³-hybridized carbons (Fsp3) is 0.600. The third-order valence-electron chi connectivity index (χ3n) is 3.58. The molecule has 0 bridgehead atoms. The minimum atomic E-state index is -0.0436. The van der Waals surface area contributed by atoms with E-state index in [1.807, 2.05) is 18.2 Å². The summed E-state index contributed by atoms with van der Waals surface area (Å²) in [7, 11) is 0. The van der Waals surface area contributed by atoms with Crippen LogP contribution in [0.3, 0.4) is 0 Å². The first kappa shape index (κ1) is 14.9. The Morgan fingerprint density at radius 2 is 2.45 bits per heavy atom. The Bertz CT molecular complexity index is 405. The molecule has 0 aromatic carbocycles. The first-order valence-electron chi connectivity index (χ1n) is 7.16. The summed E-state index contributed by atoms with van der Waals surface area (Å²) in [6, 6.07) is 5.72. The molecule has 110 valence electrons. The Labute approximate surface area is 119 Å². The van der Waals surface area contributed by atoms with Crippen molar-refractivity contribution >= 4 is 5.91 Å². The van der Waals surface area contributed by atoms with E-state index in [9.17, 15) is 9.90 Å². The van der Waals surface area contributed by atoms with E-state index in [4.69, 9.17) is 4.74 Å². The normalized spacial score (nSPS) is 20.4. The second-order valence-electron chi connectivity index (χ2n) is 5.23. The van der Waals surface area contributed by atoms with Gasteiger partial charge in [0.2, 0.25) is 5.91 Å². The van der Waals surface area contributed by atoms with E-state index in [-0.39, 0.29) is 24.3 Å². The molecule has 1 aliphatic rings. The fourth-order valence-corrected chi connectivity index (χ4v) is 2.35. The standard InChI is InChI=1S/C15H22N2O3/c18-10-12(8-14-5-1-2-6-16-14)9-17-15(19)13-4-3-7-20-11-13/h1-2,5-6,12-13,18H,3-4,7-11H2,(H,17,19). The molecular formula is C15H22N2O3. The number of amides is 1. The summed E-state index contributed by atoms with van der Waals surface area (Å²) in [5.74, 6) is -0.0135. The maximum absolute atomic E-state index is 12.0. The average molecular weight is 278 g/mol. The van der Waals surface area contributed by atoms with Crippen LogP contribution >= 0.6 is 0 Å². The van der Waals surface area contributed by atoms with E-state index in [0.29, 0.717) is 19.6 Å². The van der Waals surface area contributed by atoms with Gasteiger partial charge in [0.25, 0.3) is 0 Å². The lowest BCUT2D eigenvalue weighted by Crippen LogP contribution is -2.39. The van der Waals surface area contributed by atoms with Crippen molar-refractivity contribution in [1.82, 2.24) is 10.3 Å². The summed E-state index contributed by atoms with van der Waals surface area (Å²) >= 11 is 0. The summed E-state index contributed by atoms with van der Waals surface area (Å²) in [4.78, 5) is 16.2. The van der Waals surface area contributed by atoms with Crippen molar-refractivity contribution in [2.75, 3.05) is 26.4 Å². The SMILES string of the molecule is O=C(NCC(CO)Cc1ccccn1)C1CCCOC1. The first-order valence-corrected chi connectivity index (χ1v) is 7.16. The average Bonchev–Trinajstić information content (AvgIpc) is 2.53. The molecule has 2 unspecified atom stereocenters. The molecule has 0 radical (unpaired) electrons.